The van der Waals surface area contributed by atoms with Crippen LogP contribution in [-0.2, 0) is 9.59 Å². The molecule has 0 aliphatic heterocycles. The third-order valence-corrected chi connectivity index (χ3v) is 5.43. The quantitative estimate of drug-likeness (QED) is 0.662. The molecule has 2 N–H and O–H groups in total. The summed E-state index contributed by atoms with van der Waals surface area (Å²) in [6.07, 6.45) is 1.65. The van der Waals surface area contributed by atoms with E-state index in [4.69, 9.17) is 0 Å². The molecule has 0 spiro atoms. The Morgan fingerprint density at radius 1 is 1.08 bits per heavy atom. The molecule has 1 unspecified atom stereocenters. The molecule has 2 rings (SSSR count). The van der Waals surface area contributed by atoms with Crippen molar-refractivity contribution in [1.29, 1.82) is 0 Å². The lowest BCUT2D eigenvalue weighted by molar-refractivity contribution is -0.115. The molecule has 7 heteroatoms. The molecule has 26 heavy (non-hydrogen) atoms. The number of hydrogen-bond acceptors (Lipinski definition) is 5. The van der Waals surface area contributed by atoms with Gasteiger partial charge < -0.3 is 10.6 Å². The average Bonchev–Trinajstić information content (AvgIpc) is 2.63. The molecule has 0 saturated carbocycles. The van der Waals surface area contributed by atoms with Crippen LogP contribution < -0.4 is 10.6 Å². The molecule has 0 aliphatic rings. The van der Waals surface area contributed by atoms with Gasteiger partial charge in [-0.2, -0.15) is 0 Å². The number of carbonyl (C=O) groups is 2. The highest BCUT2D eigenvalue weighted by Crippen LogP contribution is 2.18. The van der Waals surface area contributed by atoms with Crippen LogP contribution in [0, 0.1) is 6.92 Å². The average molecular weight is 390 g/mol. The van der Waals surface area contributed by atoms with Crippen LogP contribution in [0.2, 0.25) is 0 Å². The zero-order valence-electron chi connectivity index (χ0n) is 15.1. The van der Waals surface area contributed by atoms with Crippen LogP contribution >= 0.6 is 23.5 Å². The molecule has 0 saturated heterocycles. The number of aromatic nitrogens is 1. The number of pyridine rings is 1. The maximum absolute atomic E-state index is 12.2. The summed E-state index contributed by atoms with van der Waals surface area (Å²) in [6.45, 7) is 5.84. The van der Waals surface area contributed by atoms with Gasteiger partial charge in [-0.1, -0.05) is 24.6 Å². The van der Waals surface area contributed by atoms with E-state index in [0.717, 1.165) is 22.0 Å². The molecule has 1 aromatic carbocycles. The molecular formula is C19H23N3O2S2. The molecule has 0 radical (unpaired) electrons. The molecule has 1 heterocycles. The summed E-state index contributed by atoms with van der Waals surface area (Å²) in [7, 11) is 0. The Morgan fingerprint density at radius 3 is 2.38 bits per heavy atom. The van der Waals surface area contributed by atoms with E-state index in [9.17, 15) is 9.59 Å². The van der Waals surface area contributed by atoms with Crippen molar-refractivity contribution in [3.63, 3.8) is 0 Å². The molecule has 0 aliphatic carbocycles. The molecule has 1 atom stereocenters. The van der Waals surface area contributed by atoms with Crippen molar-refractivity contribution in [2.24, 2.45) is 0 Å². The van der Waals surface area contributed by atoms with Crippen LogP contribution in [-0.4, -0.2) is 33.6 Å². The number of hydrogen-bond donors (Lipinski definition) is 2. The summed E-state index contributed by atoms with van der Waals surface area (Å²) in [5.41, 5.74) is 2.56. The zero-order valence-corrected chi connectivity index (χ0v) is 16.7. The van der Waals surface area contributed by atoms with Crippen molar-refractivity contribution in [3.05, 3.63) is 48.2 Å². The maximum atomic E-state index is 12.2. The van der Waals surface area contributed by atoms with Crippen molar-refractivity contribution >= 4 is 46.7 Å². The van der Waals surface area contributed by atoms with Crippen molar-refractivity contribution in [3.8, 4) is 0 Å². The lowest BCUT2D eigenvalue weighted by Crippen LogP contribution is -2.25. The molecule has 5 nitrogen and oxygen atoms in total. The second-order valence-corrected chi connectivity index (χ2v) is 8.29. The van der Waals surface area contributed by atoms with Gasteiger partial charge in [-0.3, -0.25) is 9.59 Å². The highest BCUT2D eigenvalue weighted by Gasteiger charge is 2.15. The normalized spacial score (nSPS) is 11.7. The molecule has 0 bridgehead atoms. The van der Waals surface area contributed by atoms with Gasteiger partial charge in [0.25, 0.3) is 0 Å². The van der Waals surface area contributed by atoms with Gasteiger partial charge in [-0.25, -0.2) is 4.98 Å². The third kappa shape index (κ3) is 6.72. The topological polar surface area (TPSA) is 71.1 Å². The third-order valence-electron chi connectivity index (χ3n) is 3.47. The SMILES string of the molecule is CCSc1ccc(NC(=O)C(C)SCC(=O)Nc2ccc(C)cc2)cn1. The van der Waals surface area contributed by atoms with Gasteiger partial charge in [-0.15, -0.1) is 23.5 Å². The predicted molar refractivity (Wildman–Crippen MR) is 111 cm³/mol. The van der Waals surface area contributed by atoms with Gasteiger partial charge in [0.2, 0.25) is 11.8 Å². The van der Waals surface area contributed by atoms with E-state index in [0.29, 0.717) is 5.69 Å². The van der Waals surface area contributed by atoms with Crippen LogP contribution in [0.3, 0.4) is 0 Å². The van der Waals surface area contributed by atoms with Gasteiger partial charge in [0.15, 0.2) is 0 Å². The number of anilines is 2. The molecule has 138 valence electrons. The first-order valence-electron chi connectivity index (χ1n) is 8.35. The highest BCUT2D eigenvalue weighted by molar-refractivity contribution is 8.01. The number of benzene rings is 1. The Balaban J connectivity index is 1.77. The van der Waals surface area contributed by atoms with E-state index in [2.05, 4.69) is 22.5 Å². The van der Waals surface area contributed by atoms with Crippen molar-refractivity contribution in [2.45, 2.75) is 31.0 Å². The first-order chi connectivity index (χ1) is 12.5. The van der Waals surface area contributed by atoms with Crippen molar-refractivity contribution in [2.75, 3.05) is 22.1 Å². The summed E-state index contributed by atoms with van der Waals surface area (Å²) >= 11 is 2.95. The minimum Gasteiger partial charge on any atom is -0.325 e. The fourth-order valence-electron chi connectivity index (χ4n) is 2.04. The first kappa shape index (κ1) is 20.3. The lowest BCUT2D eigenvalue weighted by atomic mass is 10.2. The van der Waals surface area contributed by atoms with Crippen LogP contribution in [0.5, 0.6) is 0 Å². The summed E-state index contributed by atoms with van der Waals surface area (Å²) in [6, 6.07) is 11.3. The van der Waals surface area contributed by atoms with Gasteiger partial charge >= 0.3 is 0 Å². The van der Waals surface area contributed by atoms with Gasteiger partial charge in [0.05, 0.1) is 27.9 Å². The molecule has 1 aromatic heterocycles. The highest BCUT2D eigenvalue weighted by atomic mass is 32.2. The van der Waals surface area contributed by atoms with Crippen molar-refractivity contribution in [1.82, 2.24) is 4.98 Å². The second kappa shape index (κ2) is 10.2. The number of rotatable bonds is 8. The number of aryl methyl sites for hydroxylation is 1. The largest absolute Gasteiger partial charge is 0.325 e. The number of amides is 2. The first-order valence-corrected chi connectivity index (χ1v) is 10.4. The Bertz CT molecular complexity index is 733. The van der Waals surface area contributed by atoms with Crippen LogP contribution in [0.1, 0.15) is 19.4 Å². The number of nitrogens with one attached hydrogen (secondary N) is 2. The van der Waals surface area contributed by atoms with E-state index < -0.39 is 0 Å². The van der Waals surface area contributed by atoms with Gasteiger partial charge in [0, 0.05) is 5.69 Å². The standard InChI is InChI=1S/C19H23N3O2S2/c1-4-25-18-10-9-16(11-20-18)22-19(24)14(3)26-12-17(23)21-15-7-5-13(2)6-8-15/h5-11,14H,4,12H2,1-3H3,(H,21,23)(H,22,24). The number of nitrogens with zero attached hydrogens (tertiary/aromatic N) is 1. The van der Waals surface area contributed by atoms with Gasteiger partial charge in [-0.05, 0) is 43.9 Å². The molecule has 2 aromatic rings. The lowest BCUT2D eigenvalue weighted by Gasteiger charge is -2.12. The van der Waals surface area contributed by atoms with Gasteiger partial charge in [0.1, 0.15) is 0 Å². The molecule has 2 amide bonds. The summed E-state index contributed by atoms with van der Waals surface area (Å²) in [4.78, 5) is 28.5. The smallest absolute Gasteiger partial charge is 0.237 e. The summed E-state index contributed by atoms with van der Waals surface area (Å²) in [5, 5.41) is 6.24. The van der Waals surface area contributed by atoms with E-state index in [1.807, 2.05) is 43.3 Å². The summed E-state index contributed by atoms with van der Waals surface area (Å²) in [5.74, 6) is 0.904. The maximum Gasteiger partial charge on any atom is 0.237 e. The van der Waals surface area contributed by atoms with E-state index >= 15 is 0 Å². The fraction of sp³-hybridized carbons (Fsp3) is 0.316. The Kier molecular flexibility index (Phi) is 8.00. The Labute approximate surface area is 162 Å². The minimum atomic E-state index is -0.344. The summed E-state index contributed by atoms with van der Waals surface area (Å²) < 4.78 is 0. The monoisotopic (exact) mass is 389 g/mol. The van der Waals surface area contributed by atoms with E-state index in [1.54, 1.807) is 24.9 Å². The van der Waals surface area contributed by atoms with Crippen LogP contribution in [0.4, 0.5) is 11.4 Å². The van der Waals surface area contributed by atoms with Crippen molar-refractivity contribution < 1.29 is 9.59 Å². The Hall–Kier alpha value is -1.99. The number of thioether (sulfide) groups is 2. The predicted octanol–water partition coefficient (Wildman–Crippen LogP) is 4.20. The molecule has 0 fully saturated rings. The number of carbonyl (C=O) groups excluding carboxylic acids is 2. The van der Waals surface area contributed by atoms with E-state index in [1.165, 1.54) is 11.8 Å². The zero-order chi connectivity index (χ0) is 18.9. The van der Waals surface area contributed by atoms with Crippen LogP contribution in [0.15, 0.2) is 47.6 Å². The second-order valence-electron chi connectivity index (χ2n) is 5.67. The Morgan fingerprint density at radius 2 is 1.77 bits per heavy atom. The molecular weight excluding hydrogens is 366 g/mol. The van der Waals surface area contributed by atoms with Crippen LogP contribution in [0.25, 0.3) is 0 Å². The minimum absolute atomic E-state index is 0.124. The van der Waals surface area contributed by atoms with E-state index in [-0.39, 0.29) is 22.8 Å². The fourth-order valence-corrected chi connectivity index (χ4v) is 3.31.